The fourth-order valence-corrected chi connectivity index (χ4v) is 4.13. The summed E-state index contributed by atoms with van der Waals surface area (Å²) in [7, 11) is 0. The Morgan fingerprint density at radius 3 is 2.33 bits per heavy atom. The third-order valence-corrected chi connectivity index (χ3v) is 5.63. The minimum atomic E-state index is -1.40. The Kier molecular flexibility index (Phi) is 7.27. The lowest BCUT2D eigenvalue weighted by molar-refractivity contribution is -0.150. The van der Waals surface area contributed by atoms with Gasteiger partial charge in [-0.1, -0.05) is 66.7 Å². The molecule has 0 saturated carbocycles. The second-order valence-electron chi connectivity index (χ2n) is 8.20. The summed E-state index contributed by atoms with van der Waals surface area (Å²) in [5.41, 5.74) is 1.42. The van der Waals surface area contributed by atoms with E-state index in [9.17, 15) is 9.90 Å². The number of hydrogen-bond donors (Lipinski definition) is 1. The van der Waals surface area contributed by atoms with Crippen LogP contribution in [-0.4, -0.2) is 35.9 Å². The lowest BCUT2D eigenvalue weighted by Gasteiger charge is -2.34. The first-order chi connectivity index (χ1) is 16.1. The molecule has 0 aliphatic carbocycles. The van der Waals surface area contributed by atoms with Gasteiger partial charge in [-0.2, -0.15) is 0 Å². The summed E-state index contributed by atoms with van der Waals surface area (Å²) in [6, 6.07) is 25.3. The van der Waals surface area contributed by atoms with Gasteiger partial charge in [0.05, 0.1) is 13.0 Å². The maximum absolute atomic E-state index is 12.4. The maximum Gasteiger partial charge on any atom is 0.309 e. The molecular weight excluding hydrogens is 418 g/mol. The number of fused-ring (bicyclic) bond motifs is 1. The molecule has 1 aliphatic rings. The van der Waals surface area contributed by atoms with Crippen LogP contribution >= 0.6 is 0 Å². The average molecular weight is 448 g/mol. The number of hydrogen-bond acceptors (Lipinski definition) is 6. The summed E-state index contributed by atoms with van der Waals surface area (Å²) >= 11 is 0. The van der Waals surface area contributed by atoms with Crippen molar-refractivity contribution in [3.8, 4) is 11.5 Å². The third kappa shape index (κ3) is 5.92. The molecule has 4 rings (SSSR count). The molecule has 33 heavy (non-hydrogen) atoms. The zero-order chi connectivity index (χ0) is 23.1. The molecule has 0 aromatic heterocycles. The summed E-state index contributed by atoms with van der Waals surface area (Å²) in [6.45, 7) is 3.67. The van der Waals surface area contributed by atoms with Gasteiger partial charge in [0.2, 0.25) is 6.79 Å². The first-order valence-electron chi connectivity index (χ1n) is 11.1. The van der Waals surface area contributed by atoms with Crippen LogP contribution in [0.2, 0.25) is 0 Å². The van der Waals surface area contributed by atoms with Gasteiger partial charge in [-0.15, -0.1) is 0 Å². The van der Waals surface area contributed by atoms with Gasteiger partial charge in [0, 0.05) is 19.6 Å². The fourth-order valence-electron chi connectivity index (χ4n) is 4.13. The number of aliphatic hydroxyl groups is 1. The Hall–Kier alpha value is -3.35. The molecule has 0 saturated heterocycles. The number of benzene rings is 3. The van der Waals surface area contributed by atoms with E-state index in [4.69, 9.17) is 14.2 Å². The van der Waals surface area contributed by atoms with Gasteiger partial charge in [0.25, 0.3) is 0 Å². The number of ether oxygens (including phenoxy) is 3. The molecule has 0 bridgehead atoms. The minimum Gasteiger partial charge on any atom is -0.466 e. The van der Waals surface area contributed by atoms with Crippen LogP contribution < -0.4 is 9.47 Å². The number of carbonyl (C=O) groups excluding carboxylic acids is 1. The summed E-state index contributed by atoms with van der Waals surface area (Å²) in [4.78, 5) is 14.6. The molecule has 1 N–H and O–H groups in total. The SMILES string of the molecule is CCOC(=O)CC(O)(CN(Cc1ccccc1)Cc1ccc2c(c1)OCO2)c1ccccc1. The van der Waals surface area contributed by atoms with Crippen molar-refractivity contribution >= 4 is 5.97 Å². The van der Waals surface area contributed by atoms with Gasteiger partial charge < -0.3 is 19.3 Å². The molecule has 3 aromatic rings. The smallest absolute Gasteiger partial charge is 0.309 e. The summed E-state index contributed by atoms with van der Waals surface area (Å²) in [5.74, 6) is 1.03. The van der Waals surface area contributed by atoms with E-state index in [2.05, 4.69) is 17.0 Å². The number of carbonyl (C=O) groups is 1. The van der Waals surface area contributed by atoms with Crippen molar-refractivity contribution < 1.29 is 24.1 Å². The Labute approximate surface area is 194 Å². The van der Waals surface area contributed by atoms with Crippen LogP contribution in [0.3, 0.4) is 0 Å². The van der Waals surface area contributed by atoms with Gasteiger partial charge in [0.1, 0.15) is 5.60 Å². The van der Waals surface area contributed by atoms with E-state index in [1.165, 1.54) is 0 Å². The highest BCUT2D eigenvalue weighted by atomic mass is 16.7. The number of rotatable bonds is 10. The monoisotopic (exact) mass is 447 g/mol. The van der Waals surface area contributed by atoms with Gasteiger partial charge >= 0.3 is 5.97 Å². The van der Waals surface area contributed by atoms with Gasteiger partial charge in [-0.3, -0.25) is 9.69 Å². The summed E-state index contributed by atoms with van der Waals surface area (Å²) < 4.78 is 16.1. The van der Waals surface area contributed by atoms with E-state index in [0.717, 1.165) is 22.6 Å². The highest BCUT2D eigenvalue weighted by molar-refractivity contribution is 5.71. The largest absolute Gasteiger partial charge is 0.466 e. The van der Waals surface area contributed by atoms with Crippen LogP contribution in [0.4, 0.5) is 0 Å². The molecule has 3 aromatic carbocycles. The zero-order valence-electron chi connectivity index (χ0n) is 18.8. The van der Waals surface area contributed by atoms with Gasteiger partial charge in [0.15, 0.2) is 11.5 Å². The lowest BCUT2D eigenvalue weighted by atomic mass is 9.89. The van der Waals surface area contributed by atoms with Crippen molar-refractivity contribution in [2.75, 3.05) is 19.9 Å². The molecule has 6 heteroatoms. The molecule has 1 atom stereocenters. The number of esters is 1. The van der Waals surface area contributed by atoms with Crippen LogP contribution in [0.25, 0.3) is 0 Å². The predicted octanol–water partition coefficient (Wildman–Crippen LogP) is 4.26. The second kappa shape index (κ2) is 10.5. The summed E-state index contributed by atoms with van der Waals surface area (Å²) in [6.07, 6.45) is -0.128. The standard InChI is InChI=1S/C27H29NO5/c1-2-31-26(29)16-27(30,23-11-7-4-8-12-23)19-28(17-21-9-5-3-6-10-21)18-22-13-14-24-25(15-22)33-20-32-24/h3-15,30H,2,16-20H2,1H3. The highest BCUT2D eigenvalue weighted by Crippen LogP contribution is 2.34. The topological polar surface area (TPSA) is 68.2 Å². The van der Waals surface area contributed by atoms with Crippen molar-refractivity contribution in [3.63, 3.8) is 0 Å². The van der Waals surface area contributed by atoms with E-state index in [0.29, 0.717) is 18.7 Å². The quantitative estimate of drug-likeness (QED) is 0.469. The second-order valence-corrected chi connectivity index (χ2v) is 8.20. The van der Waals surface area contributed by atoms with Crippen LogP contribution in [0, 0.1) is 0 Å². The molecule has 1 heterocycles. The first-order valence-corrected chi connectivity index (χ1v) is 11.1. The average Bonchev–Trinajstić information content (AvgIpc) is 3.28. The Balaban J connectivity index is 1.62. The minimum absolute atomic E-state index is 0.128. The molecule has 0 fully saturated rings. The van der Waals surface area contributed by atoms with E-state index in [1.807, 2.05) is 66.7 Å². The van der Waals surface area contributed by atoms with Crippen LogP contribution in [0.1, 0.15) is 30.0 Å². The molecule has 6 nitrogen and oxygen atoms in total. The lowest BCUT2D eigenvalue weighted by Crippen LogP contribution is -2.42. The molecular formula is C27H29NO5. The Morgan fingerprint density at radius 1 is 0.939 bits per heavy atom. The number of nitrogens with zero attached hydrogens (tertiary/aromatic N) is 1. The molecule has 1 aliphatic heterocycles. The van der Waals surface area contributed by atoms with Gasteiger partial charge in [-0.05, 0) is 35.7 Å². The highest BCUT2D eigenvalue weighted by Gasteiger charge is 2.35. The predicted molar refractivity (Wildman–Crippen MR) is 125 cm³/mol. The molecule has 0 amide bonds. The normalized spacial score (nSPS) is 14.2. The van der Waals surface area contributed by atoms with Crippen molar-refractivity contribution in [3.05, 3.63) is 95.6 Å². The van der Waals surface area contributed by atoms with E-state index >= 15 is 0 Å². The summed E-state index contributed by atoms with van der Waals surface area (Å²) in [5, 5.41) is 11.8. The van der Waals surface area contributed by atoms with Crippen LogP contribution in [0.15, 0.2) is 78.9 Å². The Morgan fingerprint density at radius 2 is 1.61 bits per heavy atom. The van der Waals surface area contributed by atoms with Crippen LogP contribution in [0.5, 0.6) is 11.5 Å². The van der Waals surface area contributed by atoms with Crippen molar-refractivity contribution in [2.45, 2.75) is 32.0 Å². The van der Waals surface area contributed by atoms with Crippen molar-refractivity contribution in [1.29, 1.82) is 0 Å². The van der Waals surface area contributed by atoms with Crippen molar-refractivity contribution in [2.24, 2.45) is 0 Å². The molecule has 172 valence electrons. The van der Waals surface area contributed by atoms with Gasteiger partial charge in [-0.25, -0.2) is 0 Å². The van der Waals surface area contributed by atoms with E-state index < -0.39 is 11.6 Å². The zero-order valence-corrected chi connectivity index (χ0v) is 18.8. The third-order valence-electron chi connectivity index (χ3n) is 5.63. The Bertz CT molecular complexity index is 1060. The first kappa shape index (κ1) is 22.8. The molecule has 1 unspecified atom stereocenters. The van der Waals surface area contributed by atoms with Crippen LogP contribution in [-0.2, 0) is 28.2 Å². The van der Waals surface area contributed by atoms with E-state index in [1.54, 1.807) is 6.92 Å². The molecule has 0 radical (unpaired) electrons. The maximum atomic E-state index is 12.4. The van der Waals surface area contributed by atoms with E-state index in [-0.39, 0.29) is 26.4 Å². The van der Waals surface area contributed by atoms with Crippen molar-refractivity contribution in [1.82, 2.24) is 4.90 Å². The fraction of sp³-hybridized carbons (Fsp3) is 0.296. The molecule has 0 spiro atoms.